The summed E-state index contributed by atoms with van der Waals surface area (Å²) in [6, 6.07) is 3.84. The van der Waals surface area contributed by atoms with Crippen LogP contribution in [0.5, 0.6) is 0 Å². The van der Waals surface area contributed by atoms with Crippen molar-refractivity contribution in [3.8, 4) is 0 Å². The molecule has 8 heteroatoms. The van der Waals surface area contributed by atoms with Gasteiger partial charge in [-0.05, 0) is 18.2 Å². The van der Waals surface area contributed by atoms with Crippen molar-refractivity contribution in [2.24, 2.45) is 0 Å². The van der Waals surface area contributed by atoms with Crippen molar-refractivity contribution >= 4 is 17.3 Å². The van der Waals surface area contributed by atoms with Crippen LogP contribution in [0.3, 0.4) is 0 Å². The summed E-state index contributed by atoms with van der Waals surface area (Å²) in [7, 11) is 0. The fourth-order valence-electron chi connectivity index (χ4n) is 1.86. The Labute approximate surface area is 112 Å². The Morgan fingerprint density at radius 3 is 2.60 bits per heavy atom. The van der Waals surface area contributed by atoms with Crippen molar-refractivity contribution in [2.45, 2.75) is 12.0 Å². The van der Waals surface area contributed by atoms with Gasteiger partial charge in [-0.2, -0.15) is 0 Å². The maximum atomic E-state index is 13.8. The highest BCUT2D eigenvalue weighted by atomic mass is 19.3. The van der Waals surface area contributed by atoms with Crippen LogP contribution in [0.4, 0.5) is 24.5 Å². The van der Waals surface area contributed by atoms with E-state index in [1.807, 2.05) is 0 Å². The van der Waals surface area contributed by atoms with E-state index in [2.05, 4.69) is 5.32 Å². The zero-order valence-electron chi connectivity index (χ0n) is 10.3. The van der Waals surface area contributed by atoms with Gasteiger partial charge in [0.25, 0.3) is 5.92 Å². The molecule has 1 atom stereocenters. The normalized spacial score (nSPS) is 18.3. The number of hydrogen-bond donors (Lipinski definition) is 3. The van der Waals surface area contributed by atoms with Gasteiger partial charge in [0, 0.05) is 5.69 Å². The maximum Gasteiger partial charge on any atom is 0.334 e. The summed E-state index contributed by atoms with van der Waals surface area (Å²) in [6.45, 7) is -1.32. The zero-order valence-corrected chi connectivity index (χ0v) is 10.3. The first-order chi connectivity index (χ1) is 9.28. The van der Waals surface area contributed by atoms with Gasteiger partial charge in [0.1, 0.15) is 5.82 Å². The first-order valence-electron chi connectivity index (χ1n) is 5.85. The van der Waals surface area contributed by atoms with Crippen LogP contribution in [0, 0.1) is 5.82 Å². The first-order valence-corrected chi connectivity index (χ1v) is 5.85. The molecule has 0 amide bonds. The van der Waals surface area contributed by atoms with Crippen LogP contribution in [-0.4, -0.2) is 47.8 Å². The molecule has 1 aromatic carbocycles. The Morgan fingerprint density at radius 2 is 2.10 bits per heavy atom. The third-order valence-electron chi connectivity index (χ3n) is 2.92. The van der Waals surface area contributed by atoms with Crippen LogP contribution in [0.1, 0.15) is 0 Å². The van der Waals surface area contributed by atoms with E-state index < -0.39 is 36.9 Å². The number of nitrogens with zero attached hydrogens (tertiary/aromatic N) is 1. The highest BCUT2D eigenvalue weighted by molar-refractivity contribution is 5.72. The van der Waals surface area contributed by atoms with Gasteiger partial charge < -0.3 is 20.4 Å². The van der Waals surface area contributed by atoms with Gasteiger partial charge in [-0.25, -0.2) is 18.0 Å². The van der Waals surface area contributed by atoms with Crippen molar-refractivity contribution in [1.82, 2.24) is 0 Å². The SMILES string of the molecule is O=C(O)[C@H](O)CNc1ccc(N2CC(F)(F)C2)c(F)c1. The van der Waals surface area contributed by atoms with Crippen molar-refractivity contribution in [3.05, 3.63) is 24.0 Å². The quantitative estimate of drug-likeness (QED) is 0.758. The van der Waals surface area contributed by atoms with E-state index >= 15 is 0 Å². The Morgan fingerprint density at radius 1 is 1.45 bits per heavy atom. The van der Waals surface area contributed by atoms with Crippen molar-refractivity contribution in [3.63, 3.8) is 0 Å². The number of carboxylic acids is 1. The summed E-state index contributed by atoms with van der Waals surface area (Å²) in [5, 5.41) is 20.1. The number of rotatable bonds is 5. The molecule has 0 aliphatic carbocycles. The van der Waals surface area contributed by atoms with Gasteiger partial charge in [-0.1, -0.05) is 0 Å². The first kappa shape index (κ1) is 14.4. The molecule has 0 saturated carbocycles. The molecule has 1 aliphatic rings. The molecule has 1 aromatic rings. The number of aliphatic hydroxyl groups is 1. The number of nitrogens with one attached hydrogen (secondary N) is 1. The molecule has 0 unspecified atom stereocenters. The van der Waals surface area contributed by atoms with Gasteiger partial charge in [0.2, 0.25) is 0 Å². The van der Waals surface area contributed by atoms with Crippen LogP contribution in [0.2, 0.25) is 0 Å². The molecule has 1 aliphatic heterocycles. The molecule has 0 bridgehead atoms. The molecule has 0 radical (unpaired) electrons. The van der Waals surface area contributed by atoms with Crippen molar-refractivity contribution < 1.29 is 28.2 Å². The third kappa shape index (κ3) is 3.13. The number of anilines is 2. The van der Waals surface area contributed by atoms with Gasteiger partial charge in [0.15, 0.2) is 6.10 Å². The lowest BCUT2D eigenvalue weighted by Crippen LogP contribution is -2.56. The standard InChI is InChI=1S/C12H13F3N2O3/c13-8-3-7(16-4-10(18)11(19)20)1-2-9(8)17-5-12(14,15)6-17/h1-3,10,16,18H,4-6H2,(H,19,20)/t10-/m1/s1. The largest absolute Gasteiger partial charge is 0.479 e. The van der Waals surface area contributed by atoms with E-state index in [1.165, 1.54) is 17.0 Å². The summed E-state index contributed by atoms with van der Waals surface area (Å²) in [6.07, 6.45) is -1.60. The number of aliphatic carboxylic acids is 1. The second-order valence-corrected chi connectivity index (χ2v) is 4.61. The smallest absolute Gasteiger partial charge is 0.334 e. The van der Waals surface area contributed by atoms with E-state index in [0.717, 1.165) is 6.07 Å². The molecule has 2 rings (SSSR count). The lowest BCUT2D eigenvalue weighted by Gasteiger charge is -2.40. The lowest BCUT2D eigenvalue weighted by molar-refractivity contribution is -0.145. The Balaban J connectivity index is 1.98. The summed E-state index contributed by atoms with van der Waals surface area (Å²) in [5.41, 5.74) is 0.332. The minimum absolute atomic E-state index is 0.0697. The molecular weight excluding hydrogens is 277 g/mol. The Bertz CT molecular complexity index is 517. The highest BCUT2D eigenvalue weighted by Gasteiger charge is 2.44. The number of carboxylic acid groups (broad SMARTS) is 1. The summed E-state index contributed by atoms with van der Waals surface area (Å²) in [4.78, 5) is 11.6. The number of hydrogen-bond acceptors (Lipinski definition) is 4. The molecule has 20 heavy (non-hydrogen) atoms. The topological polar surface area (TPSA) is 72.8 Å². The maximum absolute atomic E-state index is 13.8. The highest BCUT2D eigenvalue weighted by Crippen LogP contribution is 2.34. The van der Waals surface area contributed by atoms with Crippen LogP contribution in [0.25, 0.3) is 0 Å². The molecule has 3 N–H and O–H groups in total. The molecule has 1 fully saturated rings. The average molecular weight is 290 g/mol. The van der Waals surface area contributed by atoms with E-state index in [0.29, 0.717) is 0 Å². The van der Waals surface area contributed by atoms with Crippen molar-refractivity contribution in [1.29, 1.82) is 0 Å². The summed E-state index contributed by atoms with van der Waals surface area (Å²) in [5.74, 6) is -4.86. The zero-order chi connectivity index (χ0) is 14.9. The van der Waals surface area contributed by atoms with Crippen LogP contribution in [0.15, 0.2) is 18.2 Å². The van der Waals surface area contributed by atoms with E-state index in [-0.39, 0.29) is 17.9 Å². The van der Waals surface area contributed by atoms with Crippen LogP contribution in [-0.2, 0) is 4.79 Å². The Hall–Kier alpha value is -1.96. The minimum Gasteiger partial charge on any atom is -0.479 e. The van der Waals surface area contributed by atoms with Gasteiger partial charge in [-0.3, -0.25) is 0 Å². The molecule has 5 nitrogen and oxygen atoms in total. The van der Waals surface area contributed by atoms with Gasteiger partial charge in [-0.15, -0.1) is 0 Å². The lowest BCUT2D eigenvalue weighted by atomic mass is 10.1. The van der Waals surface area contributed by atoms with E-state index in [9.17, 15) is 18.0 Å². The summed E-state index contributed by atoms with van der Waals surface area (Å²) < 4.78 is 39.2. The van der Waals surface area contributed by atoms with E-state index in [1.54, 1.807) is 0 Å². The molecule has 110 valence electrons. The predicted molar refractivity (Wildman–Crippen MR) is 65.7 cm³/mol. The number of aliphatic hydroxyl groups excluding tert-OH is 1. The van der Waals surface area contributed by atoms with E-state index in [4.69, 9.17) is 10.2 Å². The fraction of sp³-hybridized carbons (Fsp3) is 0.417. The second kappa shape index (κ2) is 5.20. The molecule has 0 spiro atoms. The number of halogens is 3. The average Bonchev–Trinajstić information content (AvgIpc) is 2.33. The Kier molecular flexibility index (Phi) is 3.76. The molecule has 0 aromatic heterocycles. The van der Waals surface area contributed by atoms with Gasteiger partial charge in [0.05, 0.1) is 25.3 Å². The predicted octanol–water partition coefficient (Wildman–Crippen LogP) is 1.14. The number of carbonyl (C=O) groups is 1. The molecule has 1 heterocycles. The number of alkyl halides is 2. The van der Waals surface area contributed by atoms with Crippen molar-refractivity contribution in [2.75, 3.05) is 29.9 Å². The summed E-state index contributed by atoms with van der Waals surface area (Å²) >= 11 is 0. The van der Waals surface area contributed by atoms with Gasteiger partial charge >= 0.3 is 5.97 Å². The third-order valence-corrected chi connectivity index (χ3v) is 2.92. The fourth-order valence-corrected chi connectivity index (χ4v) is 1.86. The monoisotopic (exact) mass is 290 g/mol. The minimum atomic E-state index is -2.78. The molecule has 1 saturated heterocycles. The second-order valence-electron chi connectivity index (χ2n) is 4.61. The van der Waals surface area contributed by atoms with Crippen LogP contribution < -0.4 is 10.2 Å². The number of benzene rings is 1. The molecular formula is C12H13F3N2O3. The van der Waals surface area contributed by atoms with Crippen LogP contribution >= 0.6 is 0 Å².